The fourth-order valence-electron chi connectivity index (χ4n) is 1.63. The van der Waals surface area contributed by atoms with Crippen molar-refractivity contribution in [3.05, 3.63) is 54.4 Å². The zero-order chi connectivity index (χ0) is 13.8. The van der Waals surface area contributed by atoms with E-state index in [0.717, 1.165) is 5.69 Å². The zero-order valence-electron chi connectivity index (χ0n) is 10.4. The molecule has 0 aliphatic carbocycles. The minimum Gasteiger partial charge on any atom is -0.480 e. The number of aromatic nitrogens is 1. The molecule has 1 heterocycles. The number of hydrogen-bond donors (Lipinski definition) is 2. The molecular formula is C14H14N2O3. The monoisotopic (exact) mass is 258 g/mol. The standard InChI is InChI=1S/C14H14N2O3/c1-10(14(18)19)15-13(17)11-4-6-12(7-5-11)16-8-2-3-9-16/h2-10H,1H3,(H,15,17)(H,18,19). The Labute approximate surface area is 110 Å². The maximum Gasteiger partial charge on any atom is 0.325 e. The van der Waals surface area contributed by atoms with E-state index in [4.69, 9.17) is 5.11 Å². The number of carboxylic acids is 1. The third-order valence-corrected chi connectivity index (χ3v) is 2.75. The summed E-state index contributed by atoms with van der Waals surface area (Å²) >= 11 is 0. The maximum absolute atomic E-state index is 11.8. The second-order valence-electron chi connectivity index (χ2n) is 4.17. The third kappa shape index (κ3) is 3.01. The molecule has 0 saturated carbocycles. The van der Waals surface area contributed by atoms with Crippen molar-refractivity contribution in [3.63, 3.8) is 0 Å². The smallest absolute Gasteiger partial charge is 0.325 e. The van der Waals surface area contributed by atoms with E-state index >= 15 is 0 Å². The Morgan fingerprint density at radius 2 is 1.74 bits per heavy atom. The first-order valence-corrected chi connectivity index (χ1v) is 5.85. The number of aliphatic carboxylic acids is 1. The molecule has 0 saturated heterocycles. The number of nitrogens with one attached hydrogen (secondary N) is 1. The highest BCUT2D eigenvalue weighted by Gasteiger charge is 2.14. The molecule has 2 rings (SSSR count). The lowest BCUT2D eigenvalue weighted by Crippen LogP contribution is -2.38. The summed E-state index contributed by atoms with van der Waals surface area (Å²) in [6.45, 7) is 1.43. The van der Waals surface area contributed by atoms with Gasteiger partial charge in [-0.2, -0.15) is 0 Å². The van der Waals surface area contributed by atoms with Crippen LogP contribution in [0, 0.1) is 0 Å². The van der Waals surface area contributed by atoms with E-state index in [9.17, 15) is 9.59 Å². The summed E-state index contributed by atoms with van der Waals surface area (Å²) in [5.41, 5.74) is 1.37. The van der Waals surface area contributed by atoms with Crippen molar-refractivity contribution in [2.75, 3.05) is 0 Å². The fraction of sp³-hybridized carbons (Fsp3) is 0.143. The summed E-state index contributed by atoms with van der Waals surface area (Å²) in [5, 5.41) is 11.1. The van der Waals surface area contributed by atoms with Crippen molar-refractivity contribution in [2.45, 2.75) is 13.0 Å². The second kappa shape index (κ2) is 5.39. The minimum atomic E-state index is -1.06. The molecule has 0 radical (unpaired) electrons. The minimum absolute atomic E-state index is 0.394. The quantitative estimate of drug-likeness (QED) is 0.876. The Morgan fingerprint density at radius 3 is 2.26 bits per heavy atom. The Kier molecular flexibility index (Phi) is 3.66. The number of rotatable bonds is 4. The van der Waals surface area contributed by atoms with E-state index in [0.29, 0.717) is 5.56 Å². The van der Waals surface area contributed by atoms with Crippen molar-refractivity contribution in [2.24, 2.45) is 0 Å². The van der Waals surface area contributed by atoms with Gasteiger partial charge in [-0.25, -0.2) is 0 Å². The molecule has 19 heavy (non-hydrogen) atoms. The largest absolute Gasteiger partial charge is 0.480 e. The van der Waals surface area contributed by atoms with Gasteiger partial charge in [0, 0.05) is 23.6 Å². The molecule has 5 heteroatoms. The van der Waals surface area contributed by atoms with Gasteiger partial charge in [-0.15, -0.1) is 0 Å². The molecule has 5 nitrogen and oxygen atoms in total. The average Bonchev–Trinajstić information content (AvgIpc) is 2.92. The summed E-state index contributed by atoms with van der Waals surface area (Å²) in [6, 6.07) is 9.86. The van der Waals surface area contributed by atoms with Gasteiger partial charge >= 0.3 is 5.97 Å². The molecule has 1 aromatic heterocycles. The topological polar surface area (TPSA) is 71.3 Å². The number of benzene rings is 1. The molecule has 0 aliphatic rings. The van der Waals surface area contributed by atoms with Gasteiger partial charge in [0.2, 0.25) is 0 Å². The molecular weight excluding hydrogens is 244 g/mol. The number of carboxylic acid groups (broad SMARTS) is 1. The van der Waals surface area contributed by atoms with Crippen molar-refractivity contribution in [1.29, 1.82) is 0 Å². The van der Waals surface area contributed by atoms with Crippen LogP contribution in [-0.2, 0) is 4.79 Å². The van der Waals surface area contributed by atoms with E-state index in [1.165, 1.54) is 6.92 Å². The first-order chi connectivity index (χ1) is 9.08. The number of carbonyl (C=O) groups is 2. The lowest BCUT2D eigenvalue weighted by molar-refractivity contribution is -0.138. The molecule has 0 aliphatic heterocycles. The second-order valence-corrected chi connectivity index (χ2v) is 4.17. The molecule has 1 unspecified atom stereocenters. The Bertz CT molecular complexity index is 573. The average molecular weight is 258 g/mol. The van der Waals surface area contributed by atoms with Gasteiger partial charge < -0.3 is 15.0 Å². The molecule has 0 spiro atoms. The lowest BCUT2D eigenvalue weighted by Gasteiger charge is -2.09. The van der Waals surface area contributed by atoms with Gasteiger partial charge in [0.05, 0.1) is 0 Å². The predicted octanol–water partition coefficient (Wildman–Crippen LogP) is 1.68. The van der Waals surface area contributed by atoms with Gasteiger partial charge in [0.15, 0.2) is 0 Å². The lowest BCUT2D eigenvalue weighted by atomic mass is 10.2. The van der Waals surface area contributed by atoms with Crippen molar-refractivity contribution in [1.82, 2.24) is 9.88 Å². The number of amides is 1. The molecule has 1 aromatic carbocycles. The van der Waals surface area contributed by atoms with Crippen LogP contribution in [0.1, 0.15) is 17.3 Å². The molecule has 2 N–H and O–H groups in total. The van der Waals surface area contributed by atoms with Crippen LogP contribution in [0.25, 0.3) is 5.69 Å². The van der Waals surface area contributed by atoms with Crippen LogP contribution in [0.5, 0.6) is 0 Å². The van der Waals surface area contributed by atoms with Crippen molar-refractivity contribution in [3.8, 4) is 5.69 Å². The highest BCUT2D eigenvalue weighted by atomic mass is 16.4. The fourth-order valence-corrected chi connectivity index (χ4v) is 1.63. The van der Waals surface area contributed by atoms with Gasteiger partial charge in [-0.3, -0.25) is 9.59 Å². The zero-order valence-corrected chi connectivity index (χ0v) is 10.4. The molecule has 1 atom stereocenters. The summed E-state index contributed by atoms with van der Waals surface area (Å²) in [7, 11) is 0. The van der Waals surface area contributed by atoms with E-state index in [1.807, 2.05) is 29.1 Å². The van der Waals surface area contributed by atoms with E-state index in [2.05, 4.69) is 5.32 Å². The highest BCUT2D eigenvalue weighted by Crippen LogP contribution is 2.10. The first-order valence-electron chi connectivity index (χ1n) is 5.85. The van der Waals surface area contributed by atoms with E-state index in [-0.39, 0.29) is 0 Å². The Morgan fingerprint density at radius 1 is 1.16 bits per heavy atom. The molecule has 98 valence electrons. The SMILES string of the molecule is CC(NC(=O)c1ccc(-n2cccc2)cc1)C(=O)O. The van der Waals surface area contributed by atoms with Crippen LogP contribution in [0.4, 0.5) is 0 Å². The van der Waals surface area contributed by atoms with Crippen LogP contribution in [0.2, 0.25) is 0 Å². The molecule has 1 amide bonds. The molecule has 0 fully saturated rings. The summed E-state index contributed by atoms with van der Waals surface area (Å²) in [4.78, 5) is 22.4. The van der Waals surface area contributed by atoms with Crippen LogP contribution in [0.15, 0.2) is 48.8 Å². The van der Waals surface area contributed by atoms with E-state index in [1.54, 1.807) is 24.3 Å². The first kappa shape index (κ1) is 12.9. The summed E-state index contributed by atoms with van der Waals surface area (Å²) in [6.07, 6.45) is 3.81. The van der Waals surface area contributed by atoms with Crippen LogP contribution >= 0.6 is 0 Å². The van der Waals surface area contributed by atoms with Gasteiger partial charge in [-0.1, -0.05) is 0 Å². The van der Waals surface area contributed by atoms with Crippen LogP contribution < -0.4 is 5.32 Å². The summed E-state index contributed by atoms with van der Waals surface area (Å²) in [5.74, 6) is -1.45. The Hall–Kier alpha value is -2.56. The predicted molar refractivity (Wildman–Crippen MR) is 70.3 cm³/mol. The van der Waals surface area contributed by atoms with Crippen molar-refractivity contribution < 1.29 is 14.7 Å². The van der Waals surface area contributed by atoms with Gasteiger partial charge in [0.1, 0.15) is 6.04 Å². The van der Waals surface area contributed by atoms with Crippen LogP contribution in [0.3, 0.4) is 0 Å². The highest BCUT2D eigenvalue weighted by molar-refractivity contribution is 5.96. The number of carbonyl (C=O) groups excluding carboxylic acids is 1. The number of nitrogens with zero attached hydrogens (tertiary/aromatic N) is 1. The molecule has 0 bridgehead atoms. The number of hydrogen-bond acceptors (Lipinski definition) is 2. The summed E-state index contributed by atoms with van der Waals surface area (Å²) < 4.78 is 1.92. The maximum atomic E-state index is 11.8. The third-order valence-electron chi connectivity index (χ3n) is 2.75. The van der Waals surface area contributed by atoms with Gasteiger partial charge in [0.25, 0.3) is 5.91 Å². The molecule has 2 aromatic rings. The van der Waals surface area contributed by atoms with E-state index < -0.39 is 17.9 Å². The van der Waals surface area contributed by atoms with Crippen LogP contribution in [-0.4, -0.2) is 27.6 Å². The van der Waals surface area contributed by atoms with Crippen molar-refractivity contribution >= 4 is 11.9 Å². The Balaban J connectivity index is 2.10. The normalized spacial score (nSPS) is 11.8. The van der Waals surface area contributed by atoms with Gasteiger partial charge in [-0.05, 0) is 43.3 Å².